The number of carbonyl (C=O) groups is 1. The molecule has 0 radical (unpaired) electrons. The number of aliphatic hydroxyl groups is 1. The summed E-state index contributed by atoms with van der Waals surface area (Å²) in [6.07, 6.45) is 0.193. The van der Waals surface area contributed by atoms with Crippen LogP contribution in [0.3, 0.4) is 0 Å². The zero-order chi connectivity index (χ0) is 17.0. The highest BCUT2D eigenvalue weighted by Gasteiger charge is 2.19. The van der Waals surface area contributed by atoms with E-state index in [2.05, 4.69) is 10.4 Å². The summed E-state index contributed by atoms with van der Waals surface area (Å²) in [5.74, 6) is -0.0937. The van der Waals surface area contributed by atoms with Crippen LogP contribution in [0.15, 0.2) is 30.3 Å². The summed E-state index contributed by atoms with van der Waals surface area (Å²) in [4.78, 5) is 12.2. The molecule has 5 heteroatoms. The van der Waals surface area contributed by atoms with Crippen LogP contribution in [0.4, 0.5) is 0 Å². The van der Waals surface area contributed by atoms with Crippen LogP contribution in [0.2, 0.25) is 0 Å². The number of nitrogens with one attached hydrogen (secondary N) is 1. The highest BCUT2D eigenvalue weighted by molar-refractivity contribution is 5.79. The topological polar surface area (TPSA) is 67.2 Å². The molecule has 1 amide bonds. The Kier molecular flexibility index (Phi) is 5.55. The standard InChI is InChI=1S/C18H25N3O2/c1-12-16(14(3)21(4)20-12)11-18(23)19-13(2)17(22)10-15-8-6-5-7-9-15/h5-9,13,17,22H,10-11H2,1-4H3,(H,19,23). The molecule has 2 N–H and O–H groups in total. The highest BCUT2D eigenvalue weighted by Crippen LogP contribution is 2.13. The Labute approximate surface area is 137 Å². The van der Waals surface area contributed by atoms with Crippen LogP contribution >= 0.6 is 0 Å². The quantitative estimate of drug-likeness (QED) is 0.852. The van der Waals surface area contributed by atoms with Gasteiger partial charge >= 0.3 is 0 Å². The van der Waals surface area contributed by atoms with E-state index in [1.54, 1.807) is 4.68 Å². The van der Waals surface area contributed by atoms with Crippen molar-refractivity contribution in [1.29, 1.82) is 0 Å². The predicted octanol–water partition coefficient (Wildman–Crippen LogP) is 1.69. The molecule has 0 saturated heterocycles. The van der Waals surface area contributed by atoms with Crippen LogP contribution < -0.4 is 5.32 Å². The van der Waals surface area contributed by atoms with Gasteiger partial charge in [-0.3, -0.25) is 9.48 Å². The Bertz CT molecular complexity index is 664. The normalized spacial score (nSPS) is 13.6. The first kappa shape index (κ1) is 17.2. The molecule has 0 aliphatic rings. The van der Waals surface area contributed by atoms with Crippen LogP contribution in [0, 0.1) is 13.8 Å². The smallest absolute Gasteiger partial charge is 0.224 e. The first-order chi connectivity index (χ1) is 10.9. The Balaban J connectivity index is 1.91. The lowest BCUT2D eigenvalue weighted by Crippen LogP contribution is -2.42. The van der Waals surface area contributed by atoms with E-state index in [-0.39, 0.29) is 18.4 Å². The molecular weight excluding hydrogens is 290 g/mol. The van der Waals surface area contributed by atoms with Crippen molar-refractivity contribution in [3.8, 4) is 0 Å². The van der Waals surface area contributed by atoms with Crippen molar-refractivity contribution in [2.24, 2.45) is 7.05 Å². The van der Waals surface area contributed by atoms with E-state index in [4.69, 9.17) is 0 Å². The molecule has 1 aromatic heterocycles. The average molecular weight is 315 g/mol. The molecule has 5 nitrogen and oxygen atoms in total. The fourth-order valence-corrected chi connectivity index (χ4v) is 2.67. The molecule has 1 heterocycles. The summed E-state index contributed by atoms with van der Waals surface area (Å²) >= 11 is 0. The first-order valence-corrected chi connectivity index (χ1v) is 7.89. The van der Waals surface area contributed by atoms with E-state index in [1.165, 1.54) is 0 Å². The molecule has 0 spiro atoms. The van der Waals surface area contributed by atoms with Crippen molar-refractivity contribution in [1.82, 2.24) is 15.1 Å². The van der Waals surface area contributed by atoms with Crippen LogP contribution in [-0.4, -0.2) is 32.9 Å². The van der Waals surface area contributed by atoms with Crippen LogP contribution in [0.25, 0.3) is 0 Å². The molecule has 2 aromatic rings. The summed E-state index contributed by atoms with van der Waals surface area (Å²) < 4.78 is 1.78. The molecule has 1 aromatic carbocycles. The van der Waals surface area contributed by atoms with E-state index < -0.39 is 6.10 Å². The Morgan fingerprint density at radius 1 is 1.30 bits per heavy atom. The molecule has 0 saturated carbocycles. The predicted molar refractivity (Wildman–Crippen MR) is 90.1 cm³/mol. The molecule has 2 atom stereocenters. The van der Waals surface area contributed by atoms with E-state index in [1.807, 2.05) is 58.2 Å². The molecule has 0 bridgehead atoms. The van der Waals surface area contributed by atoms with Crippen molar-refractivity contribution >= 4 is 5.91 Å². The Morgan fingerprint density at radius 3 is 2.52 bits per heavy atom. The van der Waals surface area contributed by atoms with Gasteiger partial charge in [0.25, 0.3) is 0 Å². The van der Waals surface area contributed by atoms with Crippen molar-refractivity contribution in [3.63, 3.8) is 0 Å². The second kappa shape index (κ2) is 7.42. The zero-order valence-corrected chi connectivity index (χ0v) is 14.2. The second-order valence-electron chi connectivity index (χ2n) is 6.06. The zero-order valence-electron chi connectivity index (χ0n) is 14.2. The number of hydrogen-bond donors (Lipinski definition) is 2. The molecule has 2 unspecified atom stereocenters. The van der Waals surface area contributed by atoms with Crippen LogP contribution in [0.5, 0.6) is 0 Å². The number of aryl methyl sites for hydroxylation is 2. The van der Waals surface area contributed by atoms with E-state index in [9.17, 15) is 9.90 Å². The number of aromatic nitrogens is 2. The van der Waals surface area contributed by atoms with Crippen molar-refractivity contribution < 1.29 is 9.90 Å². The van der Waals surface area contributed by atoms with Gasteiger partial charge in [-0.25, -0.2) is 0 Å². The maximum Gasteiger partial charge on any atom is 0.224 e. The van der Waals surface area contributed by atoms with E-state index in [0.29, 0.717) is 6.42 Å². The summed E-state index contributed by atoms with van der Waals surface area (Å²) in [5, 5.41) is 17.5. The van der Waals surface area contributed by atoms with Gasteiger partial charge < -0.3 is 10.4 Å². The second-order valence-corrected chi connectivity index (χ2v) is 6.06. The monoisotopic (exact) mass is 315 g/mol. The van der Waals surface area contributed by atoms with Gasteiger partial charge in [0.15, 0.2) is 0 Å². The maximum atomic E-state index is 12.2. The fraction of sp³-hybridized carbons (Fsp3) is 0.444. The summed E-state index contributed by atoms with van der Waals surface area (Å²) in [5.41, 5.74) is 3.88. The van der Waals surface area contributed by atoms with Crippen molar-refractivity contribution in [2.75, 3.05) is 0 Å². The lowest BCUT2D eigenvalue weighted by molar-refractivity contribution is -0.121. The van der Waals surface area contributed by atoms with Gasteiger partial charge in [0.2, 0.25) is 5.91 Å². The third-order valence-corrected chi connectivity index (χ3v) is 4.25. The number of aliphatic hydroxyl groups excluding tert-OH is 1. The van der Waals surface area contributed by atoms with Crippen molar-refractivity contribution in [2.45, 2.75) is 45.8 Å². The molecule has 0 fully saturated rings. The molecule has 2 rings (SSSR count). The summed E-state index contributed by atoms with van der Waals surface area (Å²) in [6, 6.07) is 9.47. The van der Waals surface area contributed by atoms with Gasteiger partial charge in [-0.15, -0.1) is 0 Å². The molecule has 23 heavy (non-hydrogen) atoms. The van der Waals surface area contributed by atoms with Gasteiger partial charge in [0, 0.05) is 24.7 Å². The molecule has 124 valence electrons. The lowest BCUT2D eigenvalue weighted by Gasteiger charge is -2.20. The minimum absolute atomic E-state index is 0.0937. The number of hydrogen-bond acceptors (Lipinski definition) is 3. The van der Waals surface area contributed by atoms with Gasteiger partial charge in [-0.2, -0.15) is 5.10 Å². The maximum absolute atomic E-state index is 12.2. The molecule has 0 aliphatic heterocycles. The number of carbonyl (C=O) groups excluding carboxylic acids is 1. The molecular formula is C18H25N3O2. The molecule has 0 aliphatic carbocycles. The summed E-state index contributed by atoms with van der Waals surface area (Å²) in [7, 11) is 1.87. The van der Waals surface area contributed by atoms with E-state index in [0.717, 1.165) is 22.5 Å². The largest absolute Gasteiger partial charge is 0.391 e. The third-order valence-electron chi connectivity index (χ3n) is 4.25. The Hall–Kier alpha value is -2.14. The first-order valence-electron chi connectivity index (χ1n) is 7.89. The summed E-state index contributed by atoms with van der Waals surface area (Å²) in [6.45, 7) is 5.69. The van der Waals surface area contributed by atoms with Crippen LogP contribution in [-0.2, 0) is 24.7 Å². The van der Waals surface area contributed by atoms with Crippen molar-refractivity contribution in [3.05, 3.63) is 52.8 Å². The average Bonchev–Trinajstić information content (AvgIpc) is 2.74. The van der Waals surface area contributed by atoms with Crippen LogP contribution in [0.1, 0.15) is 29.4 Å². The number of benzene rings is 1. The van der Waals surface area contributed by atoms with E-state index >= 15 is 0 Å². The minimum atomic E-state index is -0.613. The number of rotatable bonds is 6. The number of nitrogens with zero attached hydrogens (tertiary/aromatic N) is 2. The third kappa shape index (κ3) is 4.42. The lowest BCUT2D eigenvalue weighted by atomic mass is 10.0. The Morgan fingerprint density at radius 2 is 1.96 bits per heavy atom. The minimum Gasteiger partial charge on any atom is -0.391 e. The highest BCUT2D eigenvalue weighted by atomic mass is 16.3. The van der Waals surface area contributed by atoms with Gasteiger partial charge in [-0.05, 0) is 26.3 Å². The number of amides is 1. The fourth-order valence-electron chi connectivity index (χ4n) is 2.67. The van der Waals surface area contributed by atoms with Gasteiger partial charge in [0.1, 0.15) is 0 Å². The van der Waals surface area contributed by atoms with Gasteiger partial charge in [0.05, 0.1) is 24.3 Å². The van der Waals surface area contributed by atoms with Gasteiger partial charge in [-0.1, -0.05) is 30.3 Å². The SMILES string of the molecule is Cc1nn(C)c(C)c1CC(=O)NC(C)C(O)Cc1ccccc1.